The Morgan fingerprint density at radius 1 is 1.00 bits per heavy atom. The van der Waals surface area contributed by atoms with Crippen LogP contribution in [-0.2, 0) is 9.59 Å². The largest absolute Gasteiger partial charge is 0.329 e. The lowest BCUT2D eigenvalue weighted by Gasteiger charge is -2.24. The molecule has 0 spiro atoms. The highest BCUT2D eigenvalue weighted by Crippen LogP contribution is 2.19. The number of amides is 3. The summed E-state index contributed by atoms with van der Waals surface area (Å²) in [6.07, 6.45) is 0. The summed E-state index contributed by atoms with van der Waals surface area (Å²) in [5.41, 5.74) is 6.86. The maximum atomic E-state index is 12.7. The van der Waals surface area contributed by atoms with Crippen molar-refractivity contribution in [3.05, 3.63) is 66.2 Å². The van der Waals surface area contributed by atoms with E-state index in [9.17, 15) is 14.4 Å². The maximum Gasteiger partial charge on any atom is 0.254 e. The van der Waals surface area contributed by atoms with Crippen molar-refractivity contribution in [1.29, 1.82) is 0 Å². The highest BCUT2D eigenvalue weighted by Gasteiger charge is 2.32. The molecule has 27 heavy (non-hydrogen) atoms. The summed E-state index contributed by atoms with van der Waals surface area (Å²) in [7, 11) is 0. The summed E-state index contributed by atoms with van der Waals surface area (Å²) in [5.74, 6) is -0.673. The Morgan fingerprint density at radius 3 is 2.26 bits per heavy atom. The highest BCUT2D eigenvalue weighted by molar-refractivity contribution is 6.01. The number of nitrogens with two attached hydrogens (primary N) is 1. The molecule has 1 aliphatic rings. The minimum absolute atomic E-state index is 0.00369. The Labute approximate surface area is 158 Å². The van der Waals surface area contributed by atoms with E-state index in [0.717, 1.165) is 5.69 Å². The molecule has 2 aromatic rings. The molecule has 1 fully saturated rings. The van der Waals surface area contributed by atoms with E-state index in [-0.39, 0.29) is 50.6 Å². The summed E-state index contributed by atoms with van der Waals surface area (Å²) < 4.78 is 0. The van der Waals surface area contributed by atoms with Gasteiger partial charge in [0.1, 0.15) is 19.8 Å². The fraction of sp³-hybridized carbons (Fsp3) is 0.250. The monoisotopic (exact) mass is 366 g/mol. The van der Waals surface area contributed by atoms with Gasteiger partial charge < -0.3 is 15.5 Å². The fourth-order valence-electron chi connectivity index (χ4n) is 2.98. The van der Waals surface area contributed by atoms with Crippen LogP contribution in [0.15, 0.2) is 60.7 Å². The third kappa shape index (κ3) is 4.32. The summed E-state index contributed by atoms with van der Waals surface area (Å²) in [6.45, 7) is 0.590. The predicted molar refractivity (Wildman–Crippen MR) is 102 cm³/mol. The van der Waals surface area contributed by atoms with Gasteiger partial charge in [-0.2, -0.15) is 0 Å². The van der Waals surface area contributed by atoms with E-state index < -0.39 is 0 Å². The molecule has 7 nitrogen and oxygen atoms in total. The molecule has 2 aromatic carbocycles. The second kappa shape index (κ2) is 8.46. The van der Waals surface area contributed by atoms with Crippen LogP contribution in [0, 0.1) is 0 Å². The van der Waals surface area contributed by atoms with Crippen molar-refractivity contribution in [3.63, 3.8) is 0 Å². The first-order valence-electron chi connectivity index (χ1n) is 8.77. The number of carbonyl (C=O) groups excluding carboxylic acids is 3. The minimum atomic E-state index is -0.278. The van der Waals surface area contributed by atoms with Crippen LogP contribution in [0.1, 0.15) is 10.4 Å². The van der Waals surface area contributed by atoms with E-state index in [2.05, 4.69) is 0 Å². The predicted octanol–water partition coefficient (Wildman–Crippen LogP) is 0.920. The molecule has 0 bridgehead atoms. The molecule has 1 heterocycles. The zero-order valence-corrected chi connectivity index (χ0v) is 15.0. The average molecular weight is 366 g/mol. The van der Waals surface area contributed by atoms with Crippen molar-refractivity contribution in [1.82, 2.24) is 9.80 Å². The number of anilines is 1. The number of rotatable bonds is 6. The molecule has 1 saturated heterocycles. The lowest BCUT2D eigenvalue weighted by molar-refractivity contribution is -0.132. The van der Waals surface area contributed by atoms with Gasteiger partial charge in [-0.25, -0.2) is 0 Å². The third-order valence-electron chi connectivity index (χ3n) is 4.39. The van der Waals surface area contributed by atoms with Crippen LogP contribution >= 0.6 is 0 Å². The quantitative estimate of drug-likeness (QED) is 0.824. The van der Waals surface area contributed by atoms with Gasteiger partial charge in [0.05, 0.1) is 0 Å². The first kappa shape index (κ1) is 18.6. The molecule has 7 heteroatoms. The van der Waals surface area contributed by atoms with Crippen LogP contribution in [0.3, 0.4) is 0 Å². The third-order valence-corrected chi connectivity index (χ3v) is 4.39. The molecule has 0 aliphatic carbocycles. The van der Waals surface area contributed by atoms with Crippen LogP contribution in [-0.4, -0.2) is 60.4 Å². The Bertz CT molecular complexity index is 810. The summed E-state index contributed by atoms with van der Waals surface area (Å²) in [4.78, 5) is 42.1. The second-order valence-electron chi connectivity index (χ2n) is 6.27. The minimum Gasteiger partial charge on any atom is -0.329 e. The van der Waals surface area contributed by atoms with Crippen molar-refractivity contribution >= 4 is 23.4 Å². The van der Waals surface area contributed by atoms with Crippen LogP contribution in [0.5, 0.6) is 0 Å². The number of carbonyl (C=O) groups is 3. The molecule has 3 amide bonds. The zero-order chi connectivity index (χ0) is 19.2. The van der Waals surface area contributed by atoms with Crippen LogP contribution in [0.4, 0.5) is 5.69 Å². The van der Waals surface area contributed by atoms with Crippen molar-refractivity contribution in [2.45, 2.75) is 0 Å². The van der Waals surface area contributed by atoms with E-state index >= 15 is 0 Å². The van der Waals surface area contributed by atoms with Crippen molar-refractivity contribution in [3.8, 4) is 0 Å². The van der Waals surface area contributed by atoms with E-state index in [0.29, 0.717) is 5.56 Å². The molecule has 1 aliphatic heterocycles. The van der Waals surface area contributed by atoms with E-state index in [1.54, 1.807) is 29.2 Å². The van der Waals surface area contributed by atoms with Gasteiger partial charge in [0.15, 0.2) is 0 Å². The average Bonchev–Trinajstić information content (AvgIpc) is 3.10. The first-order valence-corrected chi connectivity index (χ1v) is 8.77. The SMILES string of the molecule is NCCN(CC(=O)N1CC(=O)N(c2ccccc2)C1)C(=O)c1ccccc1. The van der Waals surface area contributed by atoms with Crippen LogP contribution in [0.2, 0.25) is 0 Å². The summed E-state index contributed by atoms with van der Waals surface area (Å²) in [5, 5.41) is 0. The molecule has 0 saturated carbocycles. The highest BCUT2D eigenvalue weighted by atomic mass is 16.2. The van der Waals surface area contributed by atoms with Gasteiger partial charge in [0.25, 0.3) is 5.91 Å². The molecule has 140 valence electrons. The van der Waals surface area contributed by atoms with Gasteiger partial charge in [-0.1, -0.05) is 36.4 Å². The van der Waals surface area contributed by atoms with Gasteiger partial charge in [0.2, 0.25) is 11.8 Å². The van der Waals surface area contributed by atoms with E-state index in [1.165, 1.54) is 9.80 Å². The topological polar surface area (TPSA) is 86.9 Å². The fourth-order valence-corrected chi connectivity index (χ4v) is 2.98. The second-order valence-corrected chi connectivity index (χ2v) is 6.27. The molecule has 0 unspecified atom stereocenters. The van der Waals surface area contributed by atoms with Gasteiger partial charge in [0, 0.05) is 24.3 Å². The molecule has 0 radical (unpaired) electrons. The number of para-hydroxylation sites is 1. The summed E-state index contributed by atoms with van der Waals surface area (Å²) >= 11 is 0. The van der Waals surface area contributed by atoms with Gasteiger partial charge in [-0.15, -0.1) is 0 Å². The van der Waals surface area contributed by atoms with Crippen molar-refractivity contribution in [2.75, 3.05) is 37.7 Å². The van der Waals surface area contributed by atoms with Crippen LogP contribution < -0.4 is 10.6 Å². The Balaban J connectivity index is 1.68. The lowest BCUT2D eigenvalue weighted by Crippen LogP contribution is -2.44. The smallest absolute Gasteiger partial charge is 0.254 e. The molecular formula is C20H22N4O3. The van der Waals surface area contributed by atoms with Crippen molar-refractivity contribution < 1.29 is 14.4 Å². The van der Waals surface area contributed by atoms with Gasteiger partial charge in [-0.3, -0.25) is 19.3 Å². The molecule has 3 rings (SSSR count). The lowest BCUT2D eigenvalue weighted by atomic mass is 10.2. The number of nitrogens with zero attached hydrogens (tertiary/aromatic N) is 3. The Kier molecular flexibility index (Phi) is 5.83. The molecular weight excluding hydrogens is 344 g/mol. The normalized spacial score (nSPS) is 13.7. The van der Waals surface area contributed by atoms with E-state index in [1.807, 2.05) is 36.4 Å². The molecule has 2 N–H and O–H groups in total. The van der Waals surface area contributed by atoms with Crippen molar-refractivity contribution in [2.24, 2.45) is 5.73 Å². The first-order chi connectivity index (χ1) is 13.1. The molecule has 0 aromatic heterocycles. The van der Waals surface area contributed by atoms with Crippen LogP contribution in [0.25, 0.3) is 0 Å². The number of hydrogen-bond donors (Lipinski definition) is 1. The van der Waals surface area contributed by atoms with E-state index in [4.69, 9.17) is 5.73 Å². The summed E-state index contributed by atoms with van der Waals surface area (Å²) in [6, 6.07) is 18.0. The zero-order valence-electron chi connectivity index (χ0n) is 15.0. The number of hydrogen-bond acceptors (Lipinski definition) is 4. The number of benzene rings is 2. The van der Waals surface area contributed by atoms with Gasteiger partial charge in [-0.05, 0) is 24.3 Å². The Morgan fingerprint density at radius 2 is 1.63 bits per heavy atom. The maximum absolute atomic E-state index is 12.7. The van der Waals surface area contributed by atoms with Gasteiger partial charge >= 0.3 is 0 Å². The molecule has 0 atom stereocenters. The standard InChI is InChI=1S/C20H22N4O3/c21-11-12-22(20(27)16-7-3-1-4-8-16)13-18(25)23-14-19(26)24(15-23)17-9-5-2-6-10-17/h1-10H,11-15,21H2. The Hall–Kier alpha value is -3.19.